The quantitative estimate of drug-likeness (QED) is 0.890. The number of nitrogens with one attached hydrogen (secondary N) is 1. The van der Waals surface area contributed by atoms with Crippen LogP contribution in [0.2, 0.25) is 0 Å². The van der Waals surface area contributed by atoms with Crippen molar-refractivity contribution in [2.45, 2.75) is 45.9 Å². The van der Waals surface area contributed by atoms with Crippen LogP contribution in [-0.4, -0.2) is 26.8 Å². The molecule has 1 N–H and O–H groups in total. The van der Waals surface area contributed by atoms with Gasteiger partial charge in [0.25, 0.3) is 0 Å². The Kier molecular flexibility index (Phi) is 5.14. The van der Waals surface area contributed by atoms with E-state index in [9.17, 15) is 4.79 Å². The van der Waals surface area contributed by atoms with Crippen LogP contribution < -0.4 is 10.1 Å². The SMILES string of the molecule is CC(C)Oc1cccc([C@@H](C)NC(=O)[C@@H](C)n2cncn2)c1. The highest BCUT2D eigenvalue weighted by molar-refractivity contribution is 5.80. The van der Waals surface area contributed by atoms with Crippen LogP contribution in [-0.2, 0) is 4.79 Å². The van der Waals surface area contributed by atoms with Gasteiger partial charge in [0.05, 0.1) is 12.1 Å². The van der Waals surface area contributed by atoms with Gasteiger partial charge >= 0.3 is 0 Å². The molecule has 0 aliphatic rings. The van der Waals surface area contributed by atoms with Crippen molar-refractivity contribution >= 4 is 5.91 Å². The van der Waals surface area contributed by atoms with E-state index in [4.69, 9.17) is 4.74 Å². The summed E-state index contributed by atoms with van der Waals surface area (Å²) >= 11 is 0. The maximum absolute atomic E-state index is 12.3. The van der Waals surface area contributed by atoms with Crippen molar-refractivity contribution in [1.82, 2.24) is 20.1 Å². The molecule has 6 nitrogen and oxygen atoms in total. The van der Waals surface area contributed by atoms with Crippen LogP contribution in [0.5, 0.6) is 5.75 Å². The molecule has 0 bridgehead atoms. The fourth-order valence-corrected chi connectivity index (χ4v) is 2.08. The van der Waals surface area contributed by atoms with Gasteiger partial charge in [-0.2, -0.15) is 5.10 Å². The van der Waals surface area contributed by atoms with Gasteiger partial charge in [0.2, 0.25) is 5.91 Å². The lowest BCUT2D eigenvalue weighted by atomic mass is 10.1. The minimum Gasteiger partial charge on any atom is -0.491 e. The second kappa shape index (κ2) is 7.06. The molecule has 0 unspecified atom stereocenters. The van der Waals surface area contributed by atoms with E-state index in [1.807, 2.05) is 45.0 Å². The van der Waals surface area contributed by atoms with Crippen molar-refractivity contribution in [3.63, 3.8) is 0 Å². The Morgan fingerprint density at radius 2 is 2.05 bits per heavy atom. The summed E-state index contributed by atoms with van der Waals surface area (Å²) in [5.41, 5.74) is 0.997. The van der Waals surface area contributed by atoms with Crippen molar-refractivity contribution < 1.29 is 9.53 Å². The molecule has 118 valence electrons. The Balaban J connectivity index is 2.02. The number of nitrogens with zero attached hydrogens (tertiary/aromatic N) is 3. The molecule has 0 saturated heterocycles. The van der Waals surface area contributed by atoms with E-state index in [-0.39, 0.29) is 18.1 Å². The van der Waals surface area contributed by atoms with Gasteiger partial charge in [-0.15, -0.1) is 0 Å². The summed E-state index contributed by atoms with van der Waals surface area (Å²) in [5.74, 6) is 0.700. The lowest BCUT2D eigenvalue weighted by Gasteiger charge is -2.19. The average molecular weight is 302 g/mol. The fraction of sp³-hybridized carbons (Fsp3) is 0.438. The topological polar surface area (TPSA) is 69.0 Å². The Hall–Kier alpha value is -2.37. The van der Waals surface area contributed by atoms with E-state index in [1.165, 1.54) is 17.3 Å². The van der Waals surface area contributed by atoms with Gasteiger partial charge in [0.15, 0.2) is 0 Å². The molecule has 1 heterocycles. The first-order chi connectivity index (χ1) is 10.5. The summed E-state index contributed by atoms with van der Waals surface area (Å²) in [6, 6.07) is 7.24. The van der Waals surface area contributed by atoms with Crippen LogP contribution in [0, 0.1) is 0 Å². The van der Waals surface area contributed by atoms with Crippen LogP contribution in [0.15, 0.2) is 36.9 Å². The molecule has 0 aliphatic heterocycles. The second-order valence-corrected chi connectivity index (χ2v) is 5.52. The smallest absolute Gasteiger partial charge is 0.245 e. The predicted octanol–water partition coefficient (Wildman–Crippen LogP) is 2.50. The van der Waals surface area contributed by atoms with Crippen molar-refractivity contribution in [3.8, 4) is 5.75 Å². The molecule has 0 spiro atoms. The molecule has 0 aliphatic carbocycles. The third kappa shape index (κ3) is 4.07. The summed E-state index contributed by atoms with van der Waals surface area (Å²) in [6.45, 7) is 7.70. The highest BCUT2D eigenvalue weighted by Gasteiger charge is 2.18. The molecule has 2 atom stereocenters. The number of benzene rings is 1. The Bertz CT molecular complexity index is 610. The van der Waals surface area contributed by atoms with Crippen LogP contribution in [0.4, 0.5) is 0 Å². The Morgan fingerprint density at radius 1 is 1.27 bits per heavy atom. The van der Waals surface area contributed by atoms with Gasteiger partial charge in [0.1, 0.15) is 24.4 Å². The summed E-state index contributed by atoms with van der Waals surface area (Å²) < 4.78 is 7.21. The second-order valence-electron chi connectivity index (χ2n) is 5.52. The maximum atomic E-state index is 12.3. The molecule has 0 radical (unpaired) electrons. The van der Waals surface area contributed by atoms with E-state index in [2.05, 4.69) is 15.4 Å². The van der Waals surface area contributed by atoms with Gasteiger partial charge in [0, 0.05) is 0 Å². The van der Waals surface area contributed by atoms with E-state index < -0.39 is 6.04 Å². The molecule has 2 aromatic rings. The highest BCUT2D eigenvalue weighted by Crippen LogP contribution is 2.20. The third-order valence-electron chi connectivity index (χ3n) is 3.30. The molecule has 0 fully saturated rings. The van der Waals surface area contributed by atoms with Gasteiger partial charge in [-0.05, 0) is 45.4 Å². The number of carbonyl (C=O) groups is 1. The highest BCUT2D eigenvalue weighted by atomic mass is 16.5. The Labute approximate surface area is 130 Å². The molecule has 1 aromatic heterocycles. The van der Waals surface area contributed by atoms with Crippen LogP contribution in [0.1, 0.15) is 45.3 Å². The van der Waals surface area contributed by atoms with Crippen LogP contribution >= 0.6 is 0 Å². The number of ether oxygens (including phenoxy) is 1. The number of carbonyl (C=O) groups excluding carboxylic acids is 1. The van der Waals surface area contributed by atoms with Gasteiger partial charge in [-0.1, -0.05) is 12.1 Å². The lowest BCUT2D eigenvalue weighted by Crippen LogP contribution is -2.33. The monoisotopic (exact) mass is 302 g/mol. The fourth-order valence-electron chi connectivity index (χ4n) is 2.08. The minimum atomic E-state index is -0.403. The van der Waals surface area contributed by atoms with E-state index >= 15 is 0 Å². The zero-order chi connectivity index (χ0) is 16.1. The largest absolute Gasteiger partial charge is 0.491 e. The molecular formula is C16H22N4O2. The lowest BCUT2D eigenvalue weighted by molar-refractivity contribution is -0.124. The number of hydrogen-bond acceptors (Lipinski definition) is 4. The first-order valence-corrected chi connectivity index (χ1v) is 7.38. The van der Waals surface area contributed by atoms with Crippen molar-refractivity contribution in [2.24, 2.45) is 0 Å². The van der Waals surface area contributed by atoms with E-state index in [1.54, 1.807) is 6.92 Å². The normalized spacial score (nSPS) is 13.7. The predicted molar refractivity (Wildman–Crippen MR) is 83.5 cm³/mol. The molecule has 2 rings (SSSR count). The van der Waals surface area contributed by atoms with Crippen molar-refractivity contribution in [2.75, 3.05) is 0 Å². The average Bonchev–Trinajstić information content (AvgIpc) is 3.00. The van der Waals surface area contributed by atoms with E-state index in [0.717, 1.165) is 11.3 Å². The van der Waals surface area contributed by atoms with Crippen molar-refractivity contribution in [1.29, 1.82) is 0 Å². The van der Waals surface area contributed by atoms with Gasteiger partial charge in [-0.25, -0.2) is 9.67 Å². The van der Waals surface area contributed by atoms with Crippen molar-refractivity contribution in [3.05, 3.63) is 42.5 Å². The number of hydrogen-bond donors (Lipinski definition) is 1. The Morgan fingerprint density at radius 3 is 2.68 bits per heavy atom. The number of amides is 1. The minimum absolute atomic E-state index is 0.104. The zero-order valence-corrected chi connectivity index (χ0v) is 13.4. The summed E-state index contributed by atoms with van der Waals surface area (Å²) in [6.07, 6.45) is 3.07. The van der Waals surface area contributed by atoms with Crippen LogP contribution in [0.3, 0.4) is 0 Å². The van der Waals surface area contributed by atoms with Crippen LogP contribution in [0.25, 0.3) is 0 Å². The number of rotatable bonds is 6. The third-order valence-corrected chi connectivity index (χ3v) is 3.30. The first-order valence-electron chi connectivity index (χ1n) is 7.38. The maximum Gasteiger partial charge on any atom is 0.245 e. The molecule has 0 saturated carbocycles. The standard InChI is InChI=1S/C16H22N4O2/c1-11(2)22-15-7-5-6-14(8-15)12(3)19-16(21)13(4)20-10-17-9-18-20/h5-13H,1-4H3,(H,19,21)/t12-,13-/m1/s1. The summed E-state index contributed by atoms with van der Waals surface area (Å²) in [5, 5.41) is 6.97. The molecular weight excluding hydrogens is 280 g/mol. The first kappa shape index (κ1) is 16.0. The summed E-state index contributed by atoms with van der Waals surface area (Å²) in [7, 11) is 0. The van der Waals surface area contributed by atoms with E-state index in [0.29, 0.717) is 0 Å². The molecule has 6 heteroatoms. The van der Waals surface area contributed by atoms with Gasteiger partial charge in [-0.3, -0.25) is 4.79 Å². The molecule has 1 aromatic carbocycles. The summed E-state index contributed by atoms with van der Waals surface area (Å²) in [4.78, 5) is 16.1. The molecule has 22 heavy (non-hydrogen) atoms. The molecule has 1 amide bonds. The van der Waals surface area contributed by atoms with Gasteiger partial charge < -0.3 is 10.1 Å². The number of aromatic nitrogens is 3. The zero-order valence-electron chi connectivity index (χ0n) is 13.4.